The molecular weight excluding hydrogens is 226 g/mol. The number of carbonyl (C=O) groups excluding carboxylic acids is 1. The SMILES string of the molecule is CCCC1CCN(c2cc(N)ccc2C(N)=O)C1. The normalized spacial score (nSPS) is 19.2. The molecule has 0 aromatic heterocycles. The van der Waals surface area contributed by atoms with Crippen LogP contribution in [0, 0.1) is 5.92 Å². The third-order valence-electron chi connectivity index (χ3n) is 3.61. The van der Waals surface area contributed by atoms with Crippen molar-refractivity contribution in [3.05, 3.63) is 23.8 Å². The summed E-state index contributed by atoms with van der Waals surface area (Å²) in [6.07, 6.45) is 3.63. The van der Waals surface area contributed by atoms with Crippen LogP contribution in [-0.2, 0) is 0 Å². The van der Waals surface area contributed by atoms with Crippen LogP contribution in [0.5, 0.6) is 0 Å². The summed E-state index contributed by atoms with van der Waals surface area (Å²) in [5.41, 5.74) is 13.4. The number of anilines is 2. The number of amides is 1. The number of nitrogen functional groups attached to an aromatic ring is 1. The van der Waals surface area contributed by atoms with Gasteiger partial charge in [0.1, 0.15) is 0 Å². The molecule has 98 valence electrons. The van der Waals surface area contributed by atoms with Gasteiger partial charge in [-0.25, -0.2) is 0 Å². The van der Waals surface area contributed by atoms with Gasteiger partial charge in [-0.1, -0.05) is 13.3 Å². The van der Waals surface area contributed by atoms with E-state index < -0.39 is 0 Å². The molecule has 4 heteroatoms. The fourth-order valence-electron chi connectivity index (χ4n) is 2.71. The van der Waals surface area contributed by atoms with E-state index in [9.17, 15) is 4.79 Å². The monoisotopic (exact) mass is 247 g/mol. The van der Waals surface area contributed by atoms with Crippen LogP contribution < -0.4 is 16.4 Å². The van der Waals surface area contributed by atoms with E-state index in [1.54, 1.807) is 12.1 Å². The number of hydrogen-bond acceptors (Lipinski definition) is 3. The summed E-state index contributed by atoms with van der Waals surface area (Å²) in [6, 6.07) is 5.30. The van der Waals surface area contributed by atoms with Crippen molar-refractivity contribution in [2.24, 2.45) is 11.7 Å². The first-order chi connectivity index (χ1) is 8.61. The van der Waals surface area contributed by atoms with E-state index in [-0.39, 0.29) is 5.91 Å². The molecule has 0 radical (unpaired) electrons. The van der Waals surface area contributed by atoms with E-state index in [1.165, 1.54) is 19.3 Å². The van der Waals surface area contributed by atoms with Crippen molar-refractivity contribution in [1.82, 2.24) is 0 Å². The highest BCUT2D eigenvalue weighted by Gasteiger charge is 2.24. The van der Waals surface area contributed by atoms with E-state index in [1.807, 2.05) is 6.07 Å². The van der Waals surface area contributed by atoms with Crippen molar-refractivity contribution >= 4 is 17.3 Å². The summed E-state index contributed by atoms with van der Waals surface area (Å²) >= 11 is 0. The Bertz CT molecular complexity index is 445. The first-order valence-electron chi connectivity index (χ1n) is 6.56. The van der Waals surface area contributed by atoms with Gasteiger partial charge in [0.25, 0.3) is 5.91 Å². The molecule has 1 heterocycles. The lowest BCUT2D eigenvalue weighted by Crippen LogP contribution is -2.24. The fourth-order valence-corrected chi connectivity index (χ4v) is 2.71. The van der Waals surface area contributed by atoms with Gasteiger partial charge in [0.05, 0.1) is 11.3 Å². The number of nitrogens with two attached hydrogens (primary N) is 2. The third-order valence-corrected chi connectivity index (χ3v) is 3.61. The second kappa shape index (κ2) is 5.29. The van der Waals surface area contributed by atoms with Gasteiger partial charge >= 0.3 is 0 Å². The Hall–Kier alpha value is -1.71. The highest BCUT2D eigenvalue weighted by atomic mass is 16.1. The molecule has 4 N–H and O–H groups in total. The number of nitrogens with zero attached hydrogens (tertiary/aromatic N) is 1. The largest absolute Gasteiger partial charge is 0.399 e. The van der Waals surface area contributed by atoms with Crippen LogP contribution in [0.25, 0.3) is 0 Å². The summed E-state index contributed by atoms with van der Waals surface area (Å²) < 4.78 is 0. The van der Waals surface area contributed by atoms with Crippen LogP contribution >= 0.6 is 0 Å². The average molecular weight is 247 g/mol. The van der Waals surface area contributed by atoms with Crippen molar-refractivity contribution in [1.29, 1.82) is 0 Å². The molecule has 1 unspecified atom stereocenters. The highest BCUT2D eigenvalue weighted by Crippen LogP contribution is 2.30. The van der Waals surface area contributed by atoms with Gasteiger partial charge < -0.3 is 16.4 Å². The Labute approximate surface area is 108 Å². The van der Waals surface area contributed by atoms with Gasteiger partial charge in [-0.3, -0.25) is 4.79 Å². The van der Waals surface area contributed by atoms with E-state index in [0.717, 1.165) is 24.7 Å². The maximum Gasteiger partial charge on any atom is 0.250 e. The Kier molecular flexibility index (Phi) is 3.75. The smallest absolute Gasteiger partial charge is 0.250 e. The van der Waals surface area contributed by atoms with E-state index in [4.69, 9.17) is 11.5 Å². The Morgan fingerprint density at radius 2 is 2.28 bits per heavy atom. The number of benzene rings is 1. The lowest BCUT2D eigenvalue weighted by atomic mass is 10.0. The molecule has 18 heavy (non-hydrogen) atoms. The summed E-state index contributed by atoms with van der Waals surface area (Å²) in [5, 5.41) is 0. The summed E-state index contributed by atoms with van der Waals surface area (Å²) in [6.45, 7) is 4.18. The molecule has 0 spiro atoms. The van der Waals surface area contributed by atoms with Crippen molar-refractivity contribution in [3.63, 3.8) is 0 Å². The zero-order valence-electron chi connectivity index (χ0n) is 10.9. The quantitative estimate of drug-likeness (QED) is 0.799. The topological polar surface area (TPSA) is 72.3 Å². The van der Waals surface area contributed by atoms with Crippen LogP contribution in [0.3, 0.4) is 0 Å². The van der Waals surface area contributed by atoms with Crippen LogP contribution in [-0.4, -0.2) is 19.0 Å². The van der Waals surface area contributed by atoms with Crippen LogP contribution in [0.2, 0.25) is 0 Å². The molecule has 1 fully saturated rings. The van der Waals surface area contributed by atoms with Gasteiger partial charge in [-0.05, 0) is 37.0 Å². The Morgan fingerprint density at radius 3 is 2.94 bits per heavy atom. The molecule has 0 bridgehead atoms. The van der Waals surface area contributed by atoms with Crippen molar-refractivity contribution in [2.45, 2.75) is 26.2 Å². The predicted molar refractivity (Wildman–Crippen MR) is 74.6 cm³/mol. The number of hydrogen-bond donors (Lipinski definition) is 2. The molecule has 1 aliphatic heterocycles. The molecule has 0 saturated carbocycles. The van der Waals surface area contributed by atoms with Crippen LogP contribution in [0.15, 0.2) is 18.2 Å². The van der Waals surface area contributed by atoms with Gasteiger partial charge in [-0.2, -0.15) is 0 Å². The Morgan fingerprint density at radius 1 is 1.50 bits per heavy atom. The first-order valence-corrected chi connectivity index (χ1v) is 6.56. The highest BCUT2D eigenvalue weighted by molar-refractivity contribution is 5.99. The van der Waals surface area contributed by atoms with Crippen molar-refractivity contribution in [2.75, 3.05) is 23.7 Å². The minimum Gasteiger partial charge on any atom is -0.399 e. The second-order valence-electron chi connectivity index (χ2n) is 5.03. The van der Waals surface area contributed by atoms with Crippen molar-refractivity contribution < 1.29 is 4.79 Å². The minimum absolute atomic E-state index is 0.385. The zero-order valence-corrected chi connectivity index (χ0v) is 10.9. The summed E-state index contributed by atoms with van der Waals surface area (Å²) in [4.78, 5) is 13.7. The molecule has 1 aromatic carbocycles. The lowest BCUT2D eigenvalue weighted by Gasteiger charge is -2.21. The molecule has 1 atom stereocenters. The number of carbonyl (C=O) groups is 1. The molecular formula is C14H21N3O. The predicted octanol–water partition coefficient (Wildman–Crippen LogP) is 1.99. The van der Waals surface area contributed by atoms with E-state index in [2.05, 4.69) is 11.8 Å². The van der Waals surface area contributed by atoms with E-state index in [0.29, 0.717) is 11.3 Å². The standard InChI is InChI=1S/C14H21N3O/c1-2-3-10-6-7-17(9-10)13-8-11(15)4-5-12(13)14(16)18/h4-5,8,10H,2-3,6-7,9,15H2,1H3,(H2,16,18). The molecule has 1 amide bonds. The van der Waals surface area contributed by atoms with Crippen LogP contribution in [0.4, 0.5) is 11.4 Å². The fraction of sp³-hybridized carbons (Fsp3) is 0.500. The Balaban J connectivity index is 2.23. The summed E-state index contributed by atoms with van der Waals surface area (Å²) in [7, 11) is 0. The maximum atomic E-state index is 11.5. The van der Waals surface area contributed by atoms with E-state index >= 15 is 0 Å². The van der Waals surface area contributed by atoms with Gasteiger partial charge in [0, 0.05) is 18.8 Å². The van der Waals surface area contributed by atoms with Gasteiger partial charge in [0.15, 0.2) is 0 Å². The lowest BCUT2D eigenvalue weighted by molar-refractivity contribution is 0.100. The van der Waals surface area contributed by atoms with Gasteiger partial charge in [0.2, 0.25) is 0 Å². The number of rotatable bonds is 4. The van der Waals surface area contributed by atoms with Crippen molar-refractivity contribution in [3.8, 4) is 0 Å². The molecule has 0 aliphatic carbocycles. The molecule has 1 saturated heterocycles. The minimum atomic E-state index is -0.385. The average Bonchev–Trinajstić information content (AvgIpc) is 2.77. The third kappa shape index (κ3) is 2.58. The molecule has 2 rings (SSSR count). The summed E-state index contributed by atoms with van der Waals surface area (Å²) in [5.74, 6) is 0.334. The van der Waals surface area contributed by atoms with Gasteiger partial charge in [-0.15, -0.1) is 0 Å². The number of primary amides is 1. The van der Waals surface area contributed by atoms with Crippen LogP contribution in [0.1, 0.15) is 36.5 Å². The molecule has 1 aliphatic rings. The first kappa shape index (κ1) is 12.7. The molecule has 4 nitrogen and oxygen atoms in total. The maximum absolute atomic E-state index is 11.5. The zero-order chi connectivity index (χ0) is 13.1. The molecule has 1 aromatic rings. The second-order valence-corrected chi connectivity index (χ2v) is 5.03.